The molecule has 0 aliphatic carbocycles. The van der Waals surface area contributed by atoms with Crippen LogP contribution in [0.15, 0.2) is 22.7 Å². The number of hydrogen-bond donors (Lipinski definition) is 1. The molecule has 26 heavy (non-hydrogen) atoms. The average molecular weight is 355 g/mol. The standard InChI is InChI=1S/C17H21N7O2/c1-3-14-19-20-15-4-5-16(21-24(14)15)23-8-6-12(7-9-23)17(25)18-13-10-11(2)26-22-13/h4-5,10,12H,3,6-9H2,1-2H3,(H,18,22,25). The van der Waals surface area contributed by atoms with Crippen LogP contribution in [0.25, 0.3) is 5.65 Å². The quantitative estimate of drug-likeness (QED) is 0.762. The van der Waals surface area contributed by atoms with Gasteiger partial charge in [-0.15, -0.1) is 15.3 Å². The molecule has 136 valence electrons. The molecule has 1 aliphatic heterocycles. The normalized spacial score (nSPS) is 15.5. The Bertz CT molecular complexity index is 924. The second kappa shape index (κ2) is 6.74. The summed E-state index contributed by atoms with van der Waals surface area (Å²) in [7, 11) is 0. The maximum atomic E-state index is 12.4. The van der Waals surface area contributed by atoms with Crippen molar-refractivity contribution < 1.29 is 9.32 Å². The summed E-state index contributed by atoms with van der Waals surface area (Å²) in [5.74, 6) is 2.84. The Morgan fingerprint density at radius 1 is 1.31 bits per heavy atom. The van der Waals surface area contributed by atoms with Gasteiger partial charge in [-0.1, -0.05) is 12.1 Å². The van der Waals surface area contributed by atoms with Crippen molar-refractivity contribution in [2.45, 2.75) is 33.1 Å². The van der Waals surface area contributed by atoms with Crippen LogP contribution in [0.5, 0.6) is 0 Å². The number of hydrogen-bond acceptors (Lipinski definition) is 7. The zero-order chi connectivity index (χ0) is 18.1. The second-order valence-electron chi connectivity index (χ2n) is 6.50. The lowest BCUT2D eigenvalue weighted by Gasteiger charge is -2.31. The first-order valence-corrected chi connectivity index (χ1v) is 8.84. The number of piperidine rings is 1. The van der Waals surface area contributed by atoms with E-state index in [-0.39, 0.29) is 11.8 Å². The fraction of sp³-hybridized carbons (Fsp3) is 0.471. The summed E-state index contributed by atoms with van der Waals surface area (Å²) in [4.78, 5) is 14.6. The van der Waals surface area contributed by atoms with Gasteiger partial charge in [0.15, 0.2) is 17.3 Å². The van der Waals surface area contributed by atoms with Crippen LogP contribution in [0.2, 0.25) is 0 Å². The number of fused-ring (bicyclic) bond motifs is 1. The lowest BCUT2D eigenvalue weighted by atomic mass is 9.96. The minimum atomic E-state index is -0.0342. The molecule has 0 radical (unpaired) electrons. The van der Waals surface area contributed by atoms with Crippen LogP contribution in [0.1, 0.15) is 31.4 Å². The first-order valence-electron chi connectivity index (χ1n) is 8.84. The minimum absolute atomic E-state index is 0.00607. The molecule has 1 N–H and O–H groups in total. The summed E-state index contributed by atoms with van der Waals surface area (Å²) in [6.07, 6.45) is 2.32. The van der Waals surface area contributed by atoms with Gasteiger partial charge in [0.1, 0.15) is 11.6 Å². The van der Waals surface area contributed by atoms with Crippen molar-refractivity contribution in [1.82, 2.24) is 25.0 Å². The summed E-state index contributed by atoms with van der Waals surface area (Å²) in [5, 5.41) is 19.6. The van der Waals surface area contributed by atoms with Gasteiger partial charge in [-0.2, -0.15) is 4.52 Å². The van der Waals surface area contributed by atoms with E-state index in [9.17, 15) is 4.79 Å². The number of nitrogens with one attached hydrogen (secondary N) is 1. The number of amides is 1. The van der Waals surface area contributed by atoms with Crippen LogP contribution in [0.4, 0.5) is 11.6 Å². The smallest absolute Gasteiger partial charge is 0.228 e. The first kappa shape index (κ1) is 16.5. The molecule has 1 aliphatic rings. The van der Waals surface area contributed by atoms with Crippen molar-refractivity contribution in [3.63, 3.8) is 0 Å². The highest BCUT2D eigenvalue weighted by molar-refractivity contribution is 5.91. The number of anilines is 2. The molecule has 0 atom stereocenters. The lowest BCUT2D eigenvalue weighted by molar-refractivity contribution is -0.120. The van der Waals surface area contributed by atoms with Gasteiger partial charge >= 0.3 is 0 Å². The fourth-order valence-electron chi connectivity index (χ4n) is 3.24. The van der Waals surface area contributed by atoms with Crippen LogP contribution in [0.3, 0.4) is 0 Å². The van der Waals surface area contributed by atoms with E-state index in [0.29, 0.717) is 11.6 Å². The third-order valence-corrected chi connectivity index (χ3v) is 4.70. The van der Waals surface area contributed by atoms with Gasteiger partial charge in [-0.3, -0.25) is 4.79 Å². The van der Waals surface area contributed by atoms with Crippen molar-refractivity contribution in [3.05, 3.63) is 29.8 Å². The van der Waals surface area contributed by atoms with Gasteiger partial charge in [0.2, 0.25) is 5.91 Å². The molecule has 9 heteroatoms. The molecule has 0 bridgehead atoms. The predicted octanol–water partition coefficient (Wildman–Crippen LogP) is 1.84. The van der Waals surface area contributed by atoms with Crippen molar-refractivity contribution in [3.8, 4) is 0 Å². The molecule has 0 unspecified atom stereocenters. The number of carbonyl (C=O) groups excluding carboxylic acids is 1. The SMILES string of the molecule is CCc1nnc2ccc(N3CCC(C(=O)Nc4cc(C)on4)CC3)nn12. The molecule has 3 aromatic heterocycles. The number of nitrogens with zero attached hydrogens (tertiary/aromatic N) is 6. The molecule has 4 heterocycles. The van der Waals surface area contributed by atoms with Crippen LogP contribution in [-0.4, -0.2) is 44.0 Å². The minimum Gasteiger partial charge on any atom is -0.360 e. The summed E-state index contributed by atoms with van der Waals surface area (Å²) in [6, 6.07) is 5.61. The largest absolute Gasteiger partial charge is 0.360 e. The number of carbonyl (C=O) groups is 1. The Kier molecular flexibility index (Phi) is 4.27. The lowest BCUT2D eigenvalue weighted by Crippen LogP contribution is -2.38. The molecule has 0 saturated carbocycles. The van der Waals surface area contributed by atoms with Gasteiger partial charge in [0, 0.05) is 31.5 Å². The molecule has 0 aromatic carbocycles. The third kappa shape index (κ3) is 3.12. The molecule has 9 nitrogen and oxygen atoms in total. The molecule has 4 rings (SSSR count). The molecule has 1 fully saturated rings. The molecular weight excluding hydrogens is 334 g/mol. The van der Waals surface area contributed by atoms with E-state index in [2.05, 4.69) is 30.7 Å². The van der Waals surface area contributed by atoms with Crippen molar-refractivity contribution in [1.29, 1.82) is 0 Å². The maximum absolute atomic E-state index is 12.4. The fourth-order valence-corrected chi connectivity index (χ4v) is 3.24. The van der Waals surface area contributed by atoms with Crippen LogP contribution in [0, 0.1) is 12.8 Å². The average Bonchev–Trinajstić information content (AvgIpc) is 3.26. The van der Waals surface area contributed by atoms with Gasteiger partial charge in [-0.25, -0.2) is 0 Å². The zero-order valence-corrected chi connectivity index (χ0v) is 14.8. The Labute approximate surface area is 150 Å². The van der Waals surface area contributed by atoms with E-state index >= 15 is 0 Å². The van der Waals surface area contributed by atoms with E-state index < -0.39 is 0 Å². The molecule has 1 saturated heterocycles. The van der Waals surface area contributed by atoms with Crippen molar-refractivity contribution in [2.75, 3.05) is 23.3 Å². The highest BCUT2D eigenvalue weighted by Crippen LogP contribution is 2.23. The summed E-state index contributed by atoms with van der Waals surface area (Å²) in [6.45, 7) is 5.38. The third-order valence-electron chi connectivity index (χ3n) is 4.70. The highest BCUT2D eigenvalue weighted by Gasteiger charge is 2.26. The molecule has 0 spiro atoms. The predicted molar refractivity (Wildman–Crippen MR) is 95.0 cm³/mol. The maximum Gasteiger partial charge on any atom is 0.228 e. The Morgan fingerprint density at radius 2 is 2.12 bits per heavy atom. The van der Waals surface area contributed by atoms with E-state index in [1.165, 1.54) is 0 Å². The molecule has 3 aromatic rings. The monoisotopic (exact) mass is 355 g/mol. The zero-order valence-electron chi connectivity index (χ0n) is 14.8. The Hall–Kier alpha value is -2.97. The van der Waals surface area contributed by atoms with Crippen LogP contribution in [-0.2, 0) is 11.2 Å². The Morgan fingerprint density at radius 3 is 2.81 bits per heavy atom. The highest BCUT2D eigenvalue weighted by atomic mass is 16.5. The van der Waals surface area contributed by atoms with E-state index in [0.717, 1.165) is 49.6 Å². The second-order valence-corrected chi connectivity index (χ2v) is 6.50. The van der Waals surface area contributed by atoms with Gasteiger partial charge in [0.25, 0.3) is 0 Å². The summed E-state index contributed by atoms with van der Waals surface area (Å²) < 4.78 is 6.77. The first-order chi connectivity index (χ1) is 12.6. The van der Waals surface area contributed by atoms with Gasteiger partial charge in [0.05, 0.1) is 0 Å². The Balaban J connectivity index is 1.40. The van der Waals surface area contributed by atoms with Gasteiger partial charge in [-0.05, 0) is 31.9 Å². The molecular formula is C17H21N7O2. The number of aryl methyl sites for hydroxylation is 2. The van der Waals surface area contributed by atoms with Crippen LogP contribution < -0.4 is 10.2 Å². The van der Waals surface area contributed by atoms with Crippen molar-refractivity contribution in [2.24, 2.45) is 5.92 Å². The van der Waals surface area contributed by atoms with E-state index in [1.54, 1.807) is 17.5 Å². The van der Waals surface area contributed by atoms with Crippen LogP contribution >= 0.6 is 0 Å². The summed E-state index contributed by atoms with van der Waals surface area (Å²) in [5.41, 5.74) is 0.753. The summed E-state index contributed by atoms with van der Waals surface area (Å²) >= 11 is 0. The number of rotatable bonds is 4. The van der Waals surface area contributed by atoms with E-state index in [1.807, 2.05) is 19.1 Å². The topological polar surface area (TPSA) is 101 Å². The van der Waals surface area contributed by atoms with E-state index in [4.69, 9.17) is 4.52 Å². The molecule has 1 amide bonds. The van der Waals surface area contributed by atoms with Gasteiger partial charge < -0.3 is 14.7 Å². The number of aromatic nitrogens is 5. The van der Waals surface area contributed by atoms with Crippen molar-refractivity contribution >= 4 is 23.2 Å².